The van der Waals surface area contributed by atoms with Crippen LogP contribution in [0.5, 0.6) is 5.75 Å². The third kappa shape index (κ3) is 7.92. The van der Waals surface area contributed by atoms with E-state index in [2.05, 4.69) is 10.6 Å². The molecule has 2 rings (SSSR count). The van der Waals surface area contributed by atoms with Gasteiger partial charge in [-0.05, 0) is 63.6 Å². The van der Waals surface area contributed by atoms with Crippen molar-refractivity contribution in [3.63, 3.8) is 0 Å². The first-order valence-electron chi connectivity index (χ1n) is 12.4. The highest BCUT2D eigenvalue weighted by Gasteiger charge is 2.45. The van der Waals surface area contributed by atoms with Crippen molar-refractivity contribution in [2.75, 3.05) is 6.54 Å². The molecular formula is C26H41N3O5. The number of phenols is 1. The Balaban J connectivity index is 2.40. The predicted octanol–water partition coefficient (Wildman–Crippen LogP) is 4.28. The van der Waals surface area contributed by atoms with E-state index in [-0.39, 0.29) is 29.5 Å². The van der Waals surface area contributed by atoms with Crippen LogP contribution in [0.2, 0.25) is 0 Å². The van der Waals surface area contributed by atoms with E-state index >= 15 is 0 Å². The molecular weight excluding hydrogens is 434 g/mol. The van der Waals surface area contributed by atoms with Crippen molar-refractivity contribution < 1.29 is 24.2 Å². The summed E-state index contributed by atoms with van der Waals surface area (Å²) in [5.41, 5.74) is -0.0796. The zero-order chi connectivity index (χ0) is 25.5. The van der Waals surface area contributed by atoms with E-state index < -0.39 is 23.8 Å². The molecule has 1 aromatic carbocycles. The highest BCUT2D eigenvalue weighted by molar-refractivity contribution is 5.92. The SMILES string of the molecule is CCCCNC(=O)C(c1ccc(O)cc1)N(C(=O)C(NC(=O)OC(C)(C)C)C(C)CC)C1CC1. The number of carbonyl (C=O) groups is 3. The molecule has 190 valence electrons. The fourth-order valence-corrected chi connectivity index (χ4v) is 3.73. The van der Waals surface area contributed by atoms with Crippen LogP contribution in [0.4, 0.5) is 4.79 Å². The lowest BCUT2D eigenvalue weighted by Crippen LogP contribution is -2.55. The largest absolute Gasteiger partial charge is 0.508 e. The van der Waals surface area contributed by atoms with E-state index in [1.165, 1.54) is 12.1 Å². The summed E-state index contributed by atoms with van der Waals surface area (Å²) < 4.78 is 5.41. The molecule has 0 spiro atoms. The summed E-state index contributed by atoms with van der Waals surface area (Å²) in [6.45, 7) is 11.7. The van der Waals surface area contributed by atoms with Gasteiger partial charge in [0.2, 0.25) is 11.8 Å². The van der Waals surface area contributed by atoms with Gasteiger partial charge in [0.1, 0.15) is 23.4 Å². The number of unbranched alkanes of at least 4 members (excludes halogenated alkanes) is 1. The Morgan fingerprint density at radius 1 is 1.15 bits per heavy atom. The van der Waals surface area contributed by atoms with Gasteiger partial charge in [0.05, 0.1) is 0 Å². The maximum absolute atomic E-state index is 14.0. The van der Waals surface area contributed by atoms with Gasteiger partial charge in [0.25, 0.3) is 0 Å². The summed E-state index contributed by atoms with van der Waals surface area (Å²) in [5, 5.41) is 15.5. The van der Waals surface area contributed by atoms with Gasteiger partial charge in [-0.15, -0.1) is 0 Å². The number of alkyl carbamates (subject to hydrolysis) is 1. The number of phenolic OH excluding ortho intramolecular Hbond substituents is 1. The number of rotatable bonds is 11. The Hall–Kier alpha value is -2.77. The van der Waals surface area contributed by atoms with Crippen LogP contribution in [-0.4, -0.2) is 52.1 Å². The van der Waals surface area contributed by atoms with Crippen molar-refractivity contribution in [2.24, 2.45) is 5.92 Å². The molecule has 3 amide bonds. The molecule has 0 heterocycles. The third-order valence-electron chi connectivity index (χ3n) is 5.91. The zero-order valence-corrected chi connectivity index (χ0v) is 21.4. The number of nitrogens with one attached hydrogen (secondary N) is 2. The molecule has 0 radical (unpaired) electrons. The summed E-state index contributed by atoms with van der Waals surface area (Å²) in [4.78, 5) is 41.5. The zero-order valence-electron chi connectivity index (χ0n) is 21.4. The Kier molecular flexibility index (Phi) is 9.77. The average molecular weight is 476 g/mol. The molecule has 1 saturated carbocycles. The third-order valence-corrected chi connectivity index (χ3v) is 5.91. The molecule has 1 fully saturated rings. The standard InChI is InChI=1S/C26H41N3O5/c1-7-9-16-27-23(31)22(18-10-14-20(30)15-11-18)29(19-12-13-19)24(32)21(17(3)8-2)28-25(33)34-26(4,5)6/h10-11,14-15,17,19,21-22,30H,7-9,12-13,16H2,1-6H3,(H,27,31)(H,28,33). The van der Waals surface area contributed by atoms with Gasteiger partial charge < -0.3 is 25.4 Å². The Morgan fingerprint density at radius 3 is 2.26 bits per heavy atom. The van der Waals surface area contributed by atoms with E-state index in [1.807, 2.05) is 20.8 Å². The van der Waals surface area contributed by atoms with Crippen LogP contribution in [0.1, 0.15) is 85.3 Å². The van der Waals surface area contributed by atoms with E-state index in [0.29, 0.717) is 18.5 Å². The molecule has 1 aromatic rings. The summed E-state index contributed by atoms with van der Waals surface area (Å²) in [6.07, 6.45) is 3.37. The van der Waals surface area contributed by atoms with Crippen molar-refractivity contribution in [3.05, 3.63) is 29.8 Å². The van der Waals surface area contributed by atoms with E-state index in [9.17, 15) is 19.5 Å². The number of nitrogens with zero attached hydrogens (tertiary/aromatic N) is 1. The molecule has 1 aliphatic carbocycles. The number of hydrogen-bond acceptors (Lipinski definition) is 5. The minimum atomic E-state index is -0.857. The number of ether oxygens (including phenoxy) is 1. The number of hydrogen-bond donors (Lipinski definition) is 3. The maximum atomic E-state index is 14.0. The van der Waals surface area contributed by atoms with Crippen LogP contribution in [0.25, 0.3) is 0 Å². The second-order valence-electron chi connectivity index (χ2n) is 10.1. The van der Waals surface area contributed by atoms with Crippen molar-refractivity contribution in [2.45, 2.75) is 97.4 Å². The second-order valence-corrected chi connectivity index (χ2v) is 10.1. The summed E-state index contributed by atoms with van der Waals surface area (Å²) in [7, 11) is 0. The highest BCUT2D eigenvalue weighted by Crippen LogP contribution is 2.36. The van der Waals surface area contributed by atoms with Crippen molar-refractivity contribution >= 4 is 17.9 Å². The highest BCUT2D eigenvalue weighted by atomic mass is 16.6. The first-order chi connectivity index (χ1) is 16.0. The van der Waals surface area contributed by atoms with Crippen molar-refractivity contribution in [1.82, 2.24) is 15.5 Å². The monoisotopic (exact) mass is 475 g/mol. The van der Waals surface area contributed by atoms with Gasteiger partial charge in [-0.3, -0.25) is 9.59 Å². The lowest BCUT2D eigenvalue weighted by molar-refractivity contribution is -0.144. The van der Waals surface area contributed by atoms with Crippen LogP contribution in [0.15, 0.2) is 24.3 Å². The van der Waals surface area contributed by atoms with Gasteiger partial charge in [-0.25, -0.2) is 4.79 Å². The molecule has 3 N–H and O–H groups in total. The predicted molar refractivity (Wildman–Crippen MR) is 131 cm³/mol. The molecule has 34 heavy (non-hydrogen) atoms. The van der Waals surface area contributed by atoms with Crippen LogP contribution in [0.3, 0.4) is 0 Å². The topological polar surface area (TPSA) is 108 Å². The van der Waals surface area contributed by atoms with Gasteiger partial charge in [0, 0.05) is 12.6 Å². The van der Waals surface area contributed by atoms with Gasteiger partial charge >= 0.3 is 6.09 Å². The Morgan fingerprint density at radius 2 is 1.76 bits per heavy atom. The minimum absolute atomic E-state index is 0.0854. The van der Waals surface area contributed by atoms with E-state index in [0.717, 1.165) is 25.7 Å². The molecule has 3 unspecified atom stereocenters. The molecule has 8 heteroatoms. The first kappa shape index (κ1) is 27.5. The fourth-order valence-electron chi connectivity index (χ4n) is 3.73. The van der Waals surface area contributed by atoms with E-state index in [1.54, 1.807) is 37.8 Å². The Labute approximate surface area is 203 Å². The molecule has 0 aromatic heterocycles. The lowest BCUT2D eigenvalue weighted by atomic mass is 9.95. The molecule has 0 aliphatic heterocycles. The van der Waals surface area contributed by atoms with Gasteiger partial charge in [-0.1, -0.05) is 45.7 Å². The van der Waals surface area contributed by atoms with Crippen molar-refractivity contribution in [3.8, 4) is 5.75 Å². The molecule has 0 saturated heterocycles. The van der Waals surface area contributed by atoms with Gasteiger partial charge in [0.15, 0.2) is 0 Å². The van der Waals surface area contributed by atoms with Gasteiger partial charge in [-0.2, -0.15) is 0 Å². The van der Waals surface area contributed by atoms with Crippen LogP contribution >= 0.6 is 0 Å². The number of amides is 3. The minimum Gasteiger partial charge on any atom is -0.508 e. The van der Waals surface area contributed by atoms with Crippen molar-refractivity contribution in [1.29, 1.82) is 0 Å². The second kappa shape index (κ2) is 12.1. The number of benzene rings is 1. The van der Waals surface area contributed by atoms with E-state index in [4.69, 9.17) is 4.74 Å². The summed E-state index contributed by atoms with van der Waals surface area (Å²) in [6, 6.07) is 4.59. The van der Waals surface area contributed by atoms with Crippen LogP contribution in [0, 0.1) is 5.92 Å². The molecule has 0 bridgehead atoms. The quantitative estimate of drug-likeness (QED) is 0.414. The summed E-state index contributed by atoms with van der Waals surface area (Å²) in [5.74, 6) is -0.641. The Bertz CT molecular complexity index is 830. The van der Waals surface area contributed by atoms with Crippen LogP contribution < -0.4 is 10.6 Å². The summed E-state index contributed by atoms with van der Waals surface area (Å²) >= 11 is 0. The molecule has 8 nitrogen and oxygen atoms in total. The normalized spacial score (nSPS) is 16.2. The number of aromatic hydroxyl groups is 1. The fraction of sp³-hybridized carbons (Fsp3) is 0.654. The smallest absolute Gasteiger partial charge is 0.408 e. The maximum Gasteiger partial charge on any atom is 0.408 e. The van der Waals surface area contributed by atoms with Crippen LogP contribution in [-0.2, 0) is 14.3 Å². The molecule has 3 atom stereocenters. The molecule has 1 aliphatic rings. The first-order valence-corrected chi connectivity index (χ1v) is 12.4. The number of carbonyl (C=O) groups excluding carboxylic acids is 3. The lowest BCUT2D eigenvalue weighted by Gasteiger charge is -2.36. The average Bonchev–Trinajstić information content (AvgIpc) is 3.59.